The van der Waals surface area contributed by atoms with Crippen molar-refractivity contribution in [1.29, 1.82) is 0 Å². The van der Waals surface area contributed by atoms with Crippen LogP contribution in [0.4, 0.5) is 14.5 Å². The molecule has 2 aliphatic heterocycles. The van der Waals surface area contributed by atoms with Gasteiger partial charge in [0.15, 0.2) is 0 Å². The highest BCUT2D eigenvalue weighted by Gasteiger charge is 2.33. The molecule has 1 unspecified atom stereocenters. The van der Waals surface area contributed by atoms with Crippen molar-refractivity contribution in [2.75, 3.05) is 37.6 Å². The van der Waals surface area contributed by atoms with Gasteiger partial charge in [0, 0.05) is 38.4 Å². The number of para-hydroxylation sites is 1. The maximum atomic E-state index is 13.6. The summed E-state index contributed by atoms with van der Waals surface area (Å²) in [6.45, 7) is 5.79. The molecule has 3 aromatic rings. The Balaban J connectivity index is 1.30. The minimum atomic E-state index is -0.275. The lowest BCUT2D eigenvalue weighted by molar-refractivity contribution is -0.124. The highest BCUT2D eigenvalue weighted by molar-refractivity contribution is 5.98. The van der Waals surface area contributed by atoms with Gasteiger partial charge in [-0.15, -0.1) is 0 Å². The molecule has 0 radical (unpaired) electrons. The van der Waals surface area contributed by atoms with Gasteiger partial charge in [0.2, 0.25) is 5.91 Å². The normalized spacial score (nSPS) is 17.9. The zero-order valence-electron chi connectivity index (χ0n) is 20.0. The molecule has 1 saturated heterocycles. The Morgan fingerprint density at radius 2 is 1.29 bits per heavy atom. The molecular formula is C29H31F2N3O. The number of hydrogen-bond acceptors (Lipinski definition) is 3. The summed E-state index contributed by atoms with van der Waals surface area (Å²) in [5, 5.41) is 0. The van der Waals surface area contributed by atoms with Crippen molar-refractivity contribution < 1.29 is 13.6 Å². The molecule has 3 aromatic carbocycles. The van der Waals surface area contributed by atoms with Gasteiger partial charge >= 0.3 is 0 Å². The summed E-state index contributed by atoms with van der Waals surface area (Å²) in [6, 6.07) is 21.0. The highest BCUT2D eigenvalue weighted by Crippen LogP contribution is 2.31. The second-order valence-corrected chi connectivity index (χ2v) is 9.48. The number of aryl methyl sites for hydroxylation is 1. The number of amides is 1. The minimum Gasteiger partial charge on any atom is -0.311 e. The third kappa shape index (κ3) is 5.00. The Morgan fingerprint density at radius 3 is 1.89 bits per heavy atom. The molecule has 4 nitrogen and oxygen atoms in total. The van der Waals surface area contributed by atoms with E-state index in [0.717, 1.165) is 62.4 Å². The quantitative estimate of drug-likeness (QED) is 0.517. The van der Waals surface area contributed by atoms with Crippen molar-refractivity contribution in [2.24, 2.45) is 0 Å². The van der Waals surface area contributed by atoms with E-state index in [2.05, 4.69) is 15.9 Å². The Labute approximate surface area is 205 Å². The van der Waals surface area contributed by atoms with Gasteiger partial charge in [-0.05, 0) is 66.8 Å². The SMILES string of the molecule is CC(C(=O)N1CCCc2ccccc21)N1CCN(C(c2ccc(F)cc2)c2ccc(F)cc2)CC1. The fourth-order valence-electron chi connectivity index (χ4n) is 5.43. The maximum Gasteiger partial charge on any atom is 0.244 e. The van der Waals surface area contributed by atoms with Crippen molar-refractivity contribution in [3.05, 3.63) is 101 Å². The molecule has 0 saturated carbocycles. The first-order valence-electron chi connectivity index (χ1n) is 12.4. The molecule has 0 N–H and O–H groups in total. The van der Waals surface area contributed by atoms with Gasteiger partial charge in [0.05, 0.1) is 12.1 Å². The molecule has 6 heteroatoms. The van der Waals surface area contributed by atoms with Crippen molar-refractivity contribution >= 4 is 11.6 Å². The third-order valence-electron chi connectivity index (χ3n) is 7.37. The van der Waals surface area contributed by atoms with Crippen LogP contribution < -0.4 is 4.90 Å². The van der Waals surface area contributed by atoms with Crippen LogP contribution in [0.1, 0.15) is 36.1 Å². The van der Waals surface area contributed by atoms with Crippen LogP contribution in [0.25, 0.3) is 0 Å². The first kappa shape index (κ1) is 23.6. The van der Waals surface area contributed by atoms with Crippen LogP contribution in [-0.2, 0) is 11.2 Å². The van der Waals surface area contributed by atoms with E-state index in [4.69, 9.17) is 0 Å². The van der Waals surface area contributed by atoms with E-state index in [-0.39, 0.29) is 29.6 Å². The largest absolute Gasteiger partial charge is 0.311 e. The number of anilines is 1. The molecule has 0 aromatic heterocycles. The zero-order chi connectivity index (χ0) is 24.4. The average Bonchev–Trinajstić information content (AvgIpc) is 2.90. The summed E-state index contributed by atoms with van der Waals surface area (Å²) in [6.07, 6.45) is 2.00. The van der Waals surface area contributed by atoms with Crippen LogP contribution in [-0.4, -0.2) is 54.5 Å². The molecule has 0 spiro atoms. The second kappa shape index (κ2) is 10.3. The molecule has 1 fully saturated rings. The molecule has 2 heterocycles. The zero-order valence-corrected chi connectivity index (χ0v) is 20.0. The smallest absolute Gasteiger partial charge is 0.244 e. The Bertz CT molecular complexity index is 1110. The van der Waals surface area contributed by atoms with Crippen LogP contribution >= 0.6 is 0 Å². The van der Waals surface area contributed by atoms with E-state index in [0.29, 0.717) is 0 Å². The van der Waals surface area contributed by atoms with Crippen LogP contribution in [0.2, 0.25) is 0 Å². The molecule has 35 heavy (non-hydrogen) atoms. The summed E-state index contributed by atoms with van der Waals surface area (Å²) in [5.74, 6) is -0.398. The lowest BCUT2D eigenvalue weighted by Gasteiger charge is -2.42. The van der Waals surface area contributed by atoms with Crippen molar-refractivity contribution in [3.63, 3.8) is 0 Å². The first-order valence-corrected chi connectivity index (χ1v) is 12.4. The van der Waals surface area contributed by atoms with E-state index in [1.54, 1.807) is 24.3 Å². The van der Waals surface area contributed by atoms with Crippen LogP contribution in [0.5, 0.6) is 0 Å². The lowest BCUT2D eigenvalue weighted by Crippen LogP contribution is -2.55. The van der Waals surface area contributed by atoms with Gasteiger partial charge in [0.1, 0.15) is 11.6 Å². The summed E-state index contributed by atoms with van der Waals surface area (Å²) >= 11 is 0. The van der Waals surface area contributed by atoms with Gasteiger partial charge in [-0.2, -0.15) is 0 Å². The summed E-state index contributed by atoms with van der Waals surface area (Å²) in [5.41, 5.74) is 4.23. The number of piperazine rings is 1. The Morgan fingerprint density at radius 1 is 0.743 bits per heavy atom. The van der Waals surface area contributed by atoms with Crippen molar-refractivity contribution in [2.45, 2.75) is 31.8 Å². The molecule has 1 atom stereocenters. The standard InChI is InChI=1S/C29H31F2N3O/c1-21(29(35)34-16-4-6-22-5-2-3-7-27(22)34)32-17-19-33(20-18-32)28(23-8-12-25(30)13-9-23)24-10-14-26(31)15-11-24/h2-3,5,7-15,21,28H,4,6,16-20H2,1H3. The molecule has 0 bridgehead atoms. The first-order chi connectivity index (χ1) is 17.0. The summed E-state index contributed by atoms with van der Waals surface area (Å²) in [7, 11) is 0. The predicted octanol–water partition coefficient (Wildman–Crippen LogP) is 5.04. The fraction of sp³-hybridized carbons (Fsp3) is 0.345. The molecular weight excluding hydrogens is 444 g/mol. The second-order valence-electron chi connectivity index (χ2n) is 9.48. The van der Waals surface area contributed by atoms with E-state index < -0.39 is 0 Å². The van der Waals surface area contributed by atoms with E-state index in [9.17, 15) is 13.6 Å². The molecule has 182 valence electrons. The number of carbonyl (C=O) groups excluding carboxylic acids is 1. The van der Waals surface area contributed by atoms with Gasteiger partial charge in [-0.3, -0.25) is 14.6 Å². The minimum absolute atomic E-state index is 0.0988. The van der Waals surface area contributed by atoms with Crippen LogP contribution in [0.3, 0.4) is 0 Å². The third-order valence-corrected chi connectivity index (χ3v) is 7.37. The van der Waals surface area contributed by atoms with Gasteiger partial charge in [0.25, 0.3) is 0 Å². The fourth-order valence-corrected chi connectivity index (χ4v) is 5.43. The maximum absolute atomic E-state index is 13.6. The lowest BCUT2D eigenvalue weighted by atomic mass is 9.96. The van der Waals surface area contributed by atoms with Crippen LogP contribution in [0.15, 0.2) is 72.8 Å². The van der Waals surface area contributed by atoms with Gasteiger partial charge < -0.3 is 4.90 Å². The number of halogens is 2. The Kier molecular flexibility index (Phi) is 6.93. The summed E-state index contributed by atoms with van der Waals surface area (Å²) < 4.78 is 27.2. The van der Waals surface area contributed by atoms with Crippen molar-refractivity contribution in [1.82, 2.24) is 9.80 Å². The number of hydrogen-bond donors (Lipinski definition) is 0. The summed E-state index contributed by atoms with van der Waals surface area (Å²) in [4.78, 5) is 20.0. The molecule has 5 rings (SSSR count). The number of fused-ring (bicyclic) bond motifs is 1. The van der Waals surface area contributed by atoms with Gasteiger partial charge in [-0.25, -0.2) is 8.78 Å². The van der Waals surface area contributed by atoms with Gasteiger partial charge in [-0.1, -0.05) is 42.5 Å². The molecule has 1 amide bonds. The number of carbonyl (C=O) groups is 1. The van der Waals surface area contributed by atoms with Crippen molar-refractivity contribution in [3.8, 4) is 0 Å². The predicted molar refractivity (Wildman–Crippen MR) is 134 cm³/mol. The van der Waals surface area contributed by atoms with Crippen LogP contribution in [0, 0.1) is 11.6 Å². The topological polar surface area (TPSA) is 26.8 Å². The number of rotatable bonds is 5. The highest BCUT2D eigenvalue weighted by atomic mass is 19.1. The Hall–Kier alpha value is -3.09. The van der Waals surface area contributed by atoms with E-state index in [1.165, 1.54) is 29.8 Å². The average molecular weight is 476 g/mol. The molecule has 0 aliphatic carbocycles. The number of benzene rings is 3. The monoisotopic (exact) mass is 475 g/mol. The van der Waals surface area contributed by atoms with E-state index >= 15 is 0 Å². The molecule has 2 aliphatic rings. The number of nitrogens with zero attached hydrogens (tertiary/aromatic N) is 3. The van der Waals surface area contributed by atoms with E-state index in [1.807, 2.05) is 30.0 Å².